The lowest BCUT2D eigenvalue weighted by atomic mass is 9.73. The second-order valence-electron chi connectivity index (χ2n) is 6.90. The second kappa shape index (κ2) is 5.87. The molecule has 1 aromatic carbocycles. The van der Waals surface area contributed by atoms with Crippen LogP contribution in [0.2, 0.25) is 0 Å². The molecule has 2 N–H and O–H groups in total. The van der Waals surface area contributed by atoms with Gasteiger partial charge in [0.05, 0.1) is 5.60 Å². The number of benzene rings is 1. The third-order valence-electron chi connectivity index (χ3n) is 5.21. The van der Waals surface area contributed by atoms with Crippen molar-refractivity contribution >= 4 is 0 Å². The molecule has 1 aromatic rings. The molecular weight excluding hydrogens is 246 g/mol. The zero-order valence-corrected chi connectivity index (χ0v) is 12.6. The van der Waals surface area contributed by atoms with E-state index in [-0.39, 0.29) is 0 Å². The highest BCUT2D eigenvalue weighted by molar-refractivity contribution is 5.33. The summed E-state index contributed by atoms with van der Waals surface area (Å²) in [5.74, 6) is 0.499. The lowest BCUT2D eigenvalue weighted by molar-refractivity contribution is -0.0332. The number of aliphatic hydroxyl groups is 1. The summed E-state index contributed by atoms with van der Waals surface area (Å²) in [6.07, 6.45) is 8.82. The first kappa shape index (κ1) is 14.1. The maximum Gasteiger partial charge on any atom is 0.0771 e. The van der Waals surface area contributed by atoms with Gasteiger partial charge in [-0.05, 0) is 68.1 Å². The molecule has 1 fully saturated rings. The highest BCUT2D eigenvalue weighted by Crippen LogP contribution is 2.35. The van der Waals surface area contributed by atoms with Crippen LogP contribution in [0.5, 0.6) is 0 Å². The molecule has 0 saturated heterocycles. The monoisotopic (exact) mass is 273 g/mol. The molecule has 2 nitrogen and oxygen atoms in total. The minimum Gasteiger partial charge on any atom is -0.389 e. The summed E-state index contributed by atoms with van der Waals surface area (Å²) >= 11 is 0. The maximum atomic E-state index is 10.4. The zero-order valence-electron chi connectivity index (χ0n) is 12.6. The summed E-state index contributed by atoms with van der Waals surface area (Å²) in [4.78, 5) is 0. The molecule has 0 spiro atoms. The predicted octanol–water partition coefficient (Wildman–Crippen LogP) is 3.21. The Balaban J connectivity index is 1.53. The van der Waals surface area contributed by atoms with Crippen molar-refractivity contribution in [2.45, 2.75) is 64.0 Å². The van der Waals surface area contributed by atoms with Crippen LogP contribution in [0, 0.1) is 5.92 Å². The lowest BCUT2D eigenvalue weighted by Crippen LogP contribution is -2.46. The molecule has 0 aliphatic heterocycles. The second-order valence-corrected chi connectivity index (χ2v) is 6.90. The fraction of sp³-hybridized carbons (Fsp3) is 0.667. The van der Waals surface area contributed by atoms with Crippen molar-refractivity contribution in [1.82, 2.24) is 5.32 Å². The van der Waals surface area contributed by atoms with E-state index < -0.39 is 5.60 Å². The van der Waals surface area contributed by atoms with E-state index in [1.54, 1.807) is 11.1 Å². The van der Waals surface area contributed by atoms with Gasteiger partial charge in [0.25, 0.3) is 0 Å². The van der Waals surface area contributed by atoms with Gasteiger partial charge in [-0.1, -0.05) is 24.6 Å². The van der Waals surface area contributed by atoms with Crippen LogP contribution >= 0.6 is 0 Å². The summed E-state index contributed by atoms with van der Waals surface area (Å²) in [5, 5.41) is 13.9. The minimum atomic E-state index is -0.535. The summed E-state index contributed by atoms with van der Waals surface area (Å²) in [6, 6.07) is 6.91. The van der Waals surface area contributed by atoms with Gasteiger partial charge in [-0.15, -0.1) is 0 Å². The van der Waals surface area contributed by atoms with Gasteiger partial charge in [0.15, 0.2) is 0 Å². The number of rotatable bonds is 5. The van der Waals surface area contributed by atoms with Crippen molar-refractivity contribution in [1.29, 1.82) is 0 Å². The standard InChI is InChI=1S/C18H27NO/c1-18(20,17-7-4-8-17)13-19-12-14-9-10-15-5-2-3-6-16(15)11-14/h9-11,17,19-20H,2-8,12-13H2,1H3. The van der Waals surface area contributed by atoms with Crippen molar-refractivity contribution in [3.05, 3.63) is 34.9 Å². The smallest absolute Gasteiger partial charge is 0.0771 e. The average Bonchev–Trinajstić information content (AvgIpc) is 2.35. The van der Waals surface area contributed by atoms with E-state index in [2.05, 4.69) is 23.5 Å². The third-order valence-corrected chi connectivity index (χ3v) is 5.21. The molecule has 0 heterocycles. The van der Waals surface area contributed by atoms with Crippen LogP contribution in [-0.2, 0) is 19.4 Å². The predicted molar refractivity (Wildman–Crippen MR) is 82.8 cm³/mol. The van der Waals surface area contributed by atoms with E-state index in [4.69, 9.17) is 0 Å². The molecule has 110 valence electrons. The fourth-order valence-corrected chi connectivity index (χ4v) is 3.53. The minimum absolute atomic E-state index is 0.499. The summed E-state index contributed by atoms with van der Waals surface area (Å²) in [7, 11) is 0. The van der Waals surface area contributed by atoms with E-state index in [0.29, 0.717) is 12.5 Å². The van der Waals surface area contributed by atoms with Crippen LogP contribution in [0.3, 0.4) is 0 Å². The molecule has 2 aliphatic carbocycles. The molecule has 0 radical (unpaired) electrons. The molecular formula is C18H27NO. The third kappa shape index (κ3) is 3.07. The van der Waals surface area contributed by atoms with E-state index in [9.17, 15) is 5.11 Å². The number of fused-ring (bicyclic) bond motifs is 1. The van der Waals surface area contributed by atoms with Crippen LogP contribution in [0.1, 0.15) is 55.7 Å². The van der Waals surface area contributed by atoms with Crippen LogP contribution in [0.25, 0.3) is 0 Å². The van der Waals surface area contributed by atoms with Crippen molar-refractivity contribution in [3.8, 4) is 0 Å². The summed E-state index contributed by atoms with van der Waals surface area (Å²) in [6.45, 7) is 3.56. The summed E-state index contributed by atoms with van der Waals surface area (Å²) in [5.41, 5.74) is 3.91. The highest BCUT2D eigenvalue weighted by Gasteiger charge is 2.35. The Morgan fingerprint density at radius 3 is 2.60 bits per heavy atom. The van der Waals surface area contributed by atoms with Gasteiger partial charge in [0.2, 0.25) is 0 Å². The molecule has 2 aliphatic rings. The number of nitrogens with one attached hydrogen (secondary N) is 1. The van der Waals surface area contributed by atoms with E-state index in [1.165, 1.54) is 50.5 Å². The van der Waals surface area contributed by atoms with E-state index in [1.807, 2.05) is 6.92 Å². The van der Waals surface area contributed by atoms with Crippen molar-refractivity contribution < 1.29 is 5.11 Å². The molecule has 1 atom stereocenters. The van der Waals surface area contributed by atoms with Gasteiger partial charge in [0.1, 0.15) is 0 Å². The SMILES string of the molecule is CC(O)(CNCc1ccc2c(c1)CCCC2)C1CCC1. The Morgan fingerprint density at radius 2 is 1.90 bits per heavy atom. The van der Waals surface area contributed by atoms with Gasteiger partial charge in [0, 0.05) is 13.1 Å². The van der Waals surface area contributed by atoms with Gasteiger partial charge >= 0.3 is 0 Å². The normalized spacial score (nSPS) is 21.9. The van der Waals surface area contributed by atoms with Gasteiger partial charge < -0.3 is 10.4 Å². The Kier molecular flexibility index (Phi) is 4.13. The largest absolute Gasteiger partial charge is 0.389 e. The molecule has 1 unspecified atom stereocenters. The number of hydrogen-bond donors (Lipinski definition) is 2. The first-order chi connectivity index (χ1) is 9.65. The highest BCUT2D eigenvalue weighted by atomic mass is 16.3. The van der Waals surface area contributed by atoms with E-state index >= 15 is 0 Å². The molecule has 3 rings (SSSR count). The van der Waals surface area contributed by atoms with Crippen LogP contribution in [-0.4, -0.2) is 17.3 Å². The van der Waals surface area contributed by atoms with Crippen molar-refractivity contribution in [2.24, 2.45) is 5.92 Å². The van der Waals surface area contributed by atoms with Crippen molar-refractivity contribution in [2.75, 3.05) is 6.54 Å². The molecule has 20 heavy (non-hydrogen) atoms. The maximum absolute atomic E-state index is 10.4. The Labute approximate surface area is 122 Å². The van der Waals surface area contributed by atoms with Gasteiger partial charge in [-0.2, -0.15) is 0 Å². The van der Waals surface area contributed by atoms with Gasteiger partial charge in [-0.25, -0.2) is 0 Å². The van der Waals surface area contributed by atoms with E-state index in [0.717, 1.165) is 6.54 Å². The fourth-order valence-electron chi connectivity index (χ4n) is 3.53. The summed E-state index contributed by atoms with van der Waals surface area (Å²) < 4.78 is 0. The van der Waals surface area contributed by atoms with Gasteiger partial charge in [-0.3, -0.25) is 0 Å². The molecule has 0 aromatic heterocycles. The molecule has 1 saturated carbocycles. The number of hydrogen-bond acceptors (Lipinski definition) is 2. The lowest BCUT2D eigenvalue weighted by Gasteiger charge is -2.39. The van der Waals surface area contributed by atoms with Crippen LogP contribution in [0.4, 0.5) is 0 Å². The Hall–Kier alpha value is -0.860. The molecule has 0 bridgehead atoms. The first-order valence-corrected chi connectivity index (χ1v) is 8.19. The van der Waals surface area contributed by atoms with Crippen molar-refractivity contribution in [3.63, 3.8) is 0 Å². The van der Waals surface area contributed by atoms with Crippen LogP contribution < -0.4 is 5.32 Å². The Morgan fingerprint density at radius 1 is 1.15 bits per heavy atom. The zero-order chi connectivity index (χ0) is 14.0. The Bertz CT molecular complexity index is 462. The number of aryl methyl sites for hydroxylation is 2. The quantitative estimate of drug-likeness (QED) is 0.863. The molecule has 2 heteroatoms. The average molecular weight is 273 g/mol. The first-order valence-electron chi connectivity index (χ1n) is 8.19. The van der Waals surface area contributed by atoms with Crippen LogP contribution in [0.15, 0.2) is 18.2 Å². The molecule has 0 amide bonds. The topological polar surface area (TPSA) is 32.3 Å².